The van der Waals surface area contributed by atoms with E-state index in [1.165, 1.54) is 23.5 Å². The molecule has 0 unspecified atom stereocenters. The summed E-state index contributed by atoms with van der Waals surface area (Å²) >= 11 is 1.41. The summed E-state index contributed by atoms with van der Waals surface area (Å²) in [7, 11) is 0. The fraction of sp³-hybridized carbons (Fsp3) is 0. The molecule has 20 heavy (non-hydrogen) atoms. The lowest BCUT2D eigenvalue weighted by Crippen LogP contribution is -1.88. The molecule has 2 aromatic heterocycles. The van der Waals surface area contributed by atoms with Gasteiger partial charge in [-0.3, -0.25) is 10.1 Å². The molecule has 2 aromatic carbocycles. The Morgan fingerprint density at radius 3 is 2.50 bits per heavy atom. The van der Waals surface area contributed by atoms with E-state index in [0.717, 1.165) is 21.4 Å². The molecule has 0 bridgehead atoms. The van der Waals surface area contributed by atoms with Crippen LogP contribution in [0.15, 0.2) is 59.1 Å². The molecule has 2 heterocycles. The molecule has 0 saturated carbocycles. The Kier molecular flexibility index (Phi) is 2.60. The van der Waals surface area contributed by atoms with E-state index in [1.54, 1.807) is 6.20 Å². The number of aromatic nitrogens is 5. The average Bonchev–Trinajstić information content (AvgIpc) is 2.98. The molecule has 5 nitrogen and oxygen atoms in total. The van der Waals surface area contributed by atoms with E-state index in [1.807, 2.05) is 12.1 Å². The van der Waals surface area contributed by atoms with Crippen molar-refractivity contribution < 1.29 is 0 Å². The first kappa shape index (κ1) is 11.4. The number of nitrogens with zero attached hydrogens (tertiary/aromatic N) is 4. The van der Waals surface area contributed by atoms with Gasteiger partial charge in [-0.05, 0) is 34.7 Å². The predicted octanol–water partition coefficient (Wildman–Crippen LogP) is 3.05. The molecule has 0 aliphatic rings. The number of nitrogens with one attached hydrogen (secondary N) is 1. The van der Waals surface area contributed by atoms with Gasteiger partial charge in [0.15, 0.2) is 5.16 Å². The number of hydrogen-bond acceptors (Lipinski definition) is 5. The fourth-order valence-electron chi connectivity index (χ4n) is 2.07. The maximum atomic E-state index is 4.61. The molecular weight excluding hydrogens is 270 g/mol. The van der Waals surface area contributed by atoms with Gasteiger partial charge in [0.05, 0.1) is 17.2 Å². The van der Waals surface area contributed by atoms with Crippen molar-refractivity contribution in [3.63, 3.8) is 0 Å². The third-order valence-electron chi connectivity index (χ3n) is 2.98. The first-order chi connectivity index (χ1) is 9.88. The first-order valence-corrected chi connectivity index (χ1v) is 6.89. The maximum Gasteiger partial charge on any atom is 0.189 e. The molecule has 6 heteroatoms. The lowest BCUT2D eigenvalue weighted by atomic mass is 10.1. The van der Waals surface area contributed by atoms with Crippen molar-refractivity contribution in [3.8, 4) is 0 Å². The molecule has 1 N–H and O–H groups in total. The highest BCUT2D eigenvalue weighted by atomic mass is 32.2. The van der Waals surface area contributed by atoms with Crippen molar-refractivity contribution in [1.29, 1.82) is 0 Å². The lowest BCUT2D eigenvalue weighted by molar-refractivity contribution is 0.967. The van der Waals surface area contributed by atoms with Crippen LogP contribution in [-0.4, -0.2) is 25.1 Å². The van der Waals surface area contributed by atoms with Crippen LogP contribution >= 0.6 is 11.8 Å². The molecule has 0 aliphatic heterocycles. The Bertz CT molecular complexity index is 889. The highest BCUT2D eigenvalue weighted by Crippen LogP contribution is 2.25. The van der Waals surface area contributed by atoms with E-state index in [4.69, 9.17) is 0 Å². The zero-order chi connectivity index (χ0) is 13.4. The van der Waals surface area contributed by atoms with Crippen molar-refractivity contribution in [2.45, 2.75) is 10.2 Å². The van der Waals surface area contributed by atoms with Crippen LogP contribution in [-0.2, 0) is 0 Å². The highest BCUT2D eigenvalue weighted by molar-refractivity contribution is 7.99. The minimum absolute atomic E-state index is 0.708. The SMILES string of the molecule is c1ccc2cc3nc(Sc4ncn[nH]4)cnc3cc2c1. The zero-order valence-corrected chi connectivity index (χ0v) is 11.1. The molecule has 0 atom stereocenters. The van der Waals surface area contributed by atoms with Crippen LogP contribution in [0.4, 0.5) is 0 Å². The quantitative estimate of drug-likeness (QED) is 0.571. The molecule has 0 spiro atoms. The number of hydrogen-bond donors (Lipinski definition) is 1. The number of rotatable bonds is 2. The van der Waals surface area contributed by atoms with Crippen LogP contribution in [0.1, 0.15) is 0 Å². The third kappa shape index (κ3) is 2.00. The summed E-state index contributed by atoms with van der Waals surface area (Å²) in [5, 5.41) is 10.5. The van der Waals surface area contributed by atoms with E-state index < -0.39 is 0 Å². The second-order valence-electron chi connectivity index (χ2n) is 4.29. The summed E-state index contributed by atoms with van der Waals surface area (Å²) < 4.78 is 0. The van der Waals surface area contributed by atoms with Crippen molar-refractivity contribution in [2.75, 3.05) is 0 Å². The summed E-state index contributed by atoms with van der Waals surface area (Å²) in [6, 6.07) is 12.3. The Morgan fingerprint density at radius 1 is 0.950 bits per heavy atom. The summed E-state index contributed by atoms with van der Waals surface area (Å²) in [5.74, 6) is 0. The molecule has 4 rings (SSSR count). The van der Waals surface area contributed by atoms with Gasteiger partial charge in [-0.1, -0.05) is 24.3 Å². The van der Waals surface area contributed by atoms with Crippen LogP contribution in [0.3, 0.4) is 0 Å². The number of benzene rings is 2. The molecule has 0 fully saturated rings. The molecule has 0 amide bonds. The zero-order valence-electron chi connectivity index (χ0n) is 10.3. The molecule has 0 saturated heterocycles. The maximum absolute atomic E-state index is 4.61. The fourth-order valence-corrected chi connectivity index (χ4v) is 2.72. The smallest absolute Gasteiger partial charge is 0.189 e. The predicted molar refractivity (Wildman–Crippen MR) is 77.5 cm³/mol. The third-order valence-corrected chi connectivity index (χ3v) is 3.78. The monoisotopic (exact) mass is 279 g/mol. The van der Waals surface area contributed by atoms with Gasteiger partial charge in [0.1, 0.15) is 11.4 Å². The Balaban J connectivity index is 1.83. The number of aromatic amines is 1. The van der Waals surface area contributed by atoms with Crippen molar-refractivity contribution in [3.05, 3.63) is 48.9 Å². The van der Waals surface area contributed by atoms with E-state index in [2.05, 4.69) is 49.4 Å². The van der Waals surface area contributed by atoms with Gasteiger partial charge in [-0.25, -0.2) is 9.97 Å². The van der Waals surface area contributed by atoms with E-state index in [9.17, 15) is 0 Å². The normalized spacial score (nSPS) is 11.2. The lowest BCUT2D eigenvalue weighted by Gasteiger charge is -2.02. The van der Waals surface area contributed by atoms with Gasteiger partial charge in [0.25, 0.3) is 0 Å². The van der Waals surface area contributed by atoms with Gasteiger partial charge < -0.3 is 0 Å². The van der Waals surface area contributed by atoms with Crippen LogP contribution in [0, 0.1) is 0 Å². The minimum Gasteiger partial charge on any atom is -0.254 e. The topological polar surface area (TPSA) is 67.3 Å². The van der Waals surface area contributed by atoms with Crippen LogP contribution in [0.2, 0.25) is 0 Å². The Morgan fingerprint density at radius 2 is 1.75 bits per heavy atom. The van der Waals surface area contributed by atoms with Gasteiger partial charge in [0, 0.05) is 0 Å². The molecule has 96 valence electrons. The number of H-pyrrole nitrogens is 1. The Hall–Kier alpha value is -2.47. The average molecular weight is 279 g/mol. The van der Waals surface area contributed by atoms with E-state index in [-0.39, 0.29) is 0 Å². The number of fused-ring (bicyclic) bond motifs is 2. The standard InChI is InChI=1S/C14H9N5S/c1-2-4-10-6-12-11(5-9(10)3-1)15-7-13(18-12)20-14-16-8-17-19-14/h1-8H,(H,16,17,19). The second kappa shape index (κ2) is 4.57. The molecule has 0 radical (unpaired) electrons. The van der Waals surface area contributed by atoms with Gasteiger partial charge >= 0.3 is 0 Å². The van der Waals surface area contributed by atoms with Crippen LogP contribution < -0.4 is 0 Å². The molecular formula is C14H9N5S. The van der Waals surface area contributed by atoms with Crippen molar-refractivity contribution in [1.82, 2.24) is 25.1 Å². The first-order valence-electron chi connectivity index (χ1n) is 6.07. The highest BCUT2D eigenvalue weighted by Gasteiger charge is 2.05. The van der Waals surface area contributed by atoms with E-state index >= 15 is 0 Å². The Labute approximate surface area is 118 Å². The summed E-state index contributed by atoms with van der Waals surface area (Å²) in [6.45, 7) is 0. The minimum atomic E-state index is 0.708. The van der Waals surface area contributed by atoms with Gasteiger partial charge in [0.2, 0.25) is 0 Å². The van der Waals surface area contributed by atoms with Crippen molar-refractivity contribution >= 4 is 33.6 Å². The molecule has 4 aromatic rings. The van der Waals surface area contributed by atoms with Crippen LogP contribution in [0.5, 0.6) is 0 Å². The summed E-state index contributed by atoms with van der Waals surface area (Å²) in [4.78, 5) is 13.1. The largest absolute Gasteiger partial charge is 0.254 e. The van der Waals surface area contributed by atoms with Crippen LogP contribution in [0.25, 0.3) is 21.8 Å². The summed E-state index contributed by atoms with van der Waals surface area (Å²) in [6.07, 6.45) is 3.23. The second-order valence-corrected chi connectivity index (χ2v) is 5.30. The summed E-state index contributed by atoms with van der Waals surface area (Å²) in [5.41, 5.74) is 1.78. The molecule has 0 aliphatic carbocycles. The van der Waals surface area contributed by atoms with E-state index in [0.29, 0.717) is 5.16 Å². The van der Waals surface area contributed by atoms with Crippen molar-refractivity contribution in [2.24, 2.45) is 0 Å². The van der Waals surface area contributed by atoms with Gasteiger partial charge in [-0.2, -0.15) is 5.10 Å². The van der Waals surface area contributed by atoms with Gasteiger partial charge in [-0.15, -0.1) is 0 Å².